The van der Waals surface area contributed by atoms with Gasteiger partial charge in [0.2, 0.25) is 11.8 Å². The van der Waals surface area contributed by atoms with E-state index >= 15 is 0 Å². The molecule has 1 heterocycles. The van der Waals surface area contributed by atoms with Crippen molar-refractivity contribution in [1.29, 1.82) is 0 Å². The standard InChI is InChI=1S/C17H30N2O3/c1-13(12-22-2)19-11-14(10-16(19)20)17(21)18-15-8-6-4-3-5-7-9-15/h13-15H,3-12H2,1-2H3,(H,18,21)/t13-,14+/m1/s1. The van der Waals surface area contributed by atoms with Crippen LogP contribution in [0.15, 0.2) is 0 Å². The van der Waals surface area contributed by atoms with Gasteiger partial charge in [0.15, 0.2) is 0 Å². The van der Waals surface area contributed by atoms with Gasteiger partial charge < -0.3 is 15.0 Å². The second-order valence-corrected chi connectivity index (χ2v) is 6.80. The molecule has 0 spiro atoms. The topological polar surface area (TPSA) is 58.6 Å². The van der Waals surface area contributed by atoms with Gasteiger partial charge in [-0.2, -0.15) is 0 Å². The molecule has 0 aromatic carbocycles. The van der Waals surface area contributed by atoms with Gasteiger partial charge in [0.05, 0.1) is 18.6 Å². The third-order valence-electron chi connectivity index (χ3n) is 4.92. The summed E-state index contributed by atoms with van der Waals surface area (Å²) in [6.45, 7) is 3.01. The number of ether oxygens (including phenoxy) is 1. The van der Waals surface area contributed by atoms with E-state index in [-0.39, 0.29) is 23.8 Å². The van der Waals surface area contributed by atoms with Crippen LogP contribution in [0.2, 0.25) is 0 Å². The summed E-state index contributed by atoms with van der Waals surface area (Å²) in [5.74, 6) is -0.0642. The first-order chi connectivity index (χ1) is 10.6. The molecule has 2 fully saturated rings. The summed E-state index contributed by atoms with van der Waals surface area (Å²) in [6.07, 6.45) is 8.77. The number of likely N-dealkylation sites (tertiary alicyclic amines) is 1. The third-order valence-corrected chi connectivity index (χ3v) is 4.92. The molecule has 22 heavy (non-hydrogen) atoms. The molecule has 2 rings (SSSR count). The molecule has 1 saturated carbocycles. The summed E-state index contributed by atoms with van der Waals surface area (Å²) < 4.78 is 5.11. The summed E-state index contributed by atoms with van der Waals surface area (Å²) in [5.41, 5.74) is 0. The van der Waals surface area contributed by atoms with Crippen molar-refractivity contribution >= 4 is 11.8 Å². The van der Waals surface area contributed by atoms with Gasteiger partial charge in [-0.05, 0) is 19.8 Å². The van der Waals surface area contributed by atoms with Gasteiger partial charge in [0.1, 0.15) is 0 Å². The Morgan fingerprint density at radius 3 is 2.55 bits per heavy atom. The molecular formula is C17H30N2O3. The minimum atomic E-state index is -0.197. The molecule has 5 heteroatoms. The summed E-state index contributed by atoms with van der Waals surface area (Å²) in [4.78, 5) is 26.3. The normalized spacial score (nSPS) is 25.6. The predicted octanol–water partition coefficient (Wildman–Crippen LogP) is 2.10. The number of amides is 2. The summed E-state index contributed by atoms with van der Waals surface area (Å²) in [5, 5.41) is 3.19. The van der Waals surface area contributed by atoms with Crippen LogP contribution in [0.1, 0.15) is 58.3 Å². The van der Waals surface area contributed by atoms with Gasteiger partial charge in [0, 0.05) is 26.1 Å². The Labute approximate surface area is 133 Å². The molecule has 0 aromatic heterocycles. The Morgan fingerprint density at radius 1 is 1.27 bits per heavy atom. The summed E-state index contributed by atoms with van der Waals surface area (Å²) >= 11 is 0. The molecule has 1 aliphatic carbocycles. The van der Waals surface area contributed by atoms with Crippen molar-refractivity contribution in [2.24, 2.45) is 5.92 Å². The van der Waals surface area contributed by atoms with Gasteiger partial charge in [0.25, 0.3) is 0 Å². The van der Waals surface area contributed by atoms with E-state index in [0.717, 1.165) is 12.8 Å². The molecule has 1 N–H and O–H groups in total. The van der Waals surface area contributed by atoms with Gasteiger partial charge >= 0.3 is 0 Å². The number of hydrogen-bond donors (Lipinski definition) is 1. The van der Waals surface area contributed by atoms with Crippen LogP contribution in [0.3, 0.4) is 0 Å². The molecule has 2 aliphatic rings. The van der Waals surface area contributed by atoms with Crippen molar-refractivity contribution in [3.05, 3.63) is 0 Å². The van der Waals surface area contributed by atoms with E-state index in [1.807, 2.05) is 6.92 Å². The average Bonchev–Trinajstić information content (AvgIpc) is 2.84. The molecule has 0 unspecified atom stereocenters. The van der Waals surface area contributed by atoms with E-state index in [0.29, 0.717) is 25.6 Å². The number of nitrogens with zero attached hydrogens (tertiary/aromatic N) is 1. The maximum atomic E-state index is 12.5. The highest BCUT2D eigenvalue weighted by Gasteiger charge is 2.37. The lowest BCUT2D eigenvalue weighted by Crippen LogP contribution is -2.41. The van der Waals surface area contributed by atoms with Crippen LogP contribution < -0.4 is 5.32 Å². The van der Waals surface area contributed by atoms with E-state index in [4.69, 9.17) is 4.74 Å². The van der Waals surface area contributed by atoms with Crippen LogP contribution in [-0.4, -0.2) is 49.1 Å². The zero-order valence-corrected chi connectivity index (χ0v) is 14.0. The van der Waals surface area contributed by atoms with E-state index in [1.54, 1.807) is 12.0 Å². The van der Waals surface area contributed by atoms with E-state index < -0.39 is 0 Å². The highest BCUT2D eigenvalue weighted by atomic mass is 16.5. The molecule has 1 saturated heterocycles. The fourth-order valence-corrected chi connectivity index (χ4v) is 3.58. The highest BCUT2D eigenvalue weighted by Crippen LogP contribution is 2.22. The first-order valence-corrected chi connectivity index (χ1v) is 8.70. The number of nitrogens with one attached hydrogen (secondary N) is 1. The Balaban J connectivity index is 1.83. The van der Waals surface area contributed by atoms with Gasteiger partial charge in [-0.3, -0.25) is 9.59 Å². The van der Waals surface area contributed by atoms with Gasteiger partial charge in [-0.15, -0.1) is 0 Å². The average molecular weight is 310 g/mol. The second kappa shape index (κ2) is 8.51. The number of rotatable bonds is 5. The van der Waals surface area contributed by atoms with Crippen LogP contribution >= 0.6 is 0 Å². The maximum Gasteiger partial charge on any atom is 0.225 e. The smallest absolute Gasteiger partial charge is 0.225 e. The quantitative estimate of drug-likeness (QED) is 0.846. The number of hydrogen-bond acceptors (Lipinski definition) is 3. The van der Waals surface area contributed by atoms with Crippen LogP contribution in [0.25, 0.3) is 0 Å². The number of carbonyl (C=O) groups excluding carboxylic acids is 2. The molecule has 0 radical (unpaired) electrons. The molecule has 1 aliphatic heterocycles. The van der Waals surface area contributed by atoms with Crippen molar-refractivity contribution in [1.82, 2.24) is 10.2 Å². The fraction of sp³-hybridized carbons (Fsp3) is 0.882. The van der Waals surface area contributed by atoms with E-state index in [2.05, 4.69) is 5.32 Å². The maximum absolute atomic E-state index is 12.5. The SMILES string of the molecule is COC[C@@H](C)N1C[C@@H](C(=O)NC2CCCCCCC2)CC1=O. The fourth-order valence-electron chi connectivity index (χ4n) is 3.58. The molecule has 2 atom stereocenters. The van der Waals surface area contributed by atoms with Gasteiger partial charge in [-0.1, -0.05) is 32.1 Å². The molecule has 0 aromatic rings. The Morgan fingerprint density at radius 2 is 1.91 bits per heavy atom. The Bertz CT molecular complexity index is 378. The number of methoxy groups -OCH3 is 1. The van der Waals surface area contributed by atoms with E-state index in [1.165, 1.54) is 32.1 Å². The highest BCUT2D eigenvalue weighted by molar-refractivity contribution is 5.89. The van der Waals surface area contributed by atoms with Crippen molar-refractivity contribution in [3.63, 3.8) is 0 Å². The lowest BCUT2D eigenvalue weighted by atomic mass is 9.96. The molecule has 5 nitrogen and oxygen atoms in total. The molecule has 126 valence electrons. The minimum absolute atomic E-state index is 0.0386. The van der Waals surface area contributed by atoms with Crippen molar-refractivity contribution in [2.45, 2.75) is 70.4 Å². The van der Waals surface area contributed by atoms with Gasteiger partial charge in [-0.25, -0.2) is 0 Å². The van der Waals surface area contributed by atoms with Crippen LogP contribution in [0.4, 0.5) is 0 Å². The monoisotopic (exact) mass is 310 g/mol. The zero-order chi connectivity index (χ0) is 15.9. The predicted molar refractivity (Wildman–Crippen MR) is 85.4 cm³/mol. The molecular weight excluding hydrogens is 280 g/mol. The van der Waals surface area contributed by atoms with Crippen LogP contribution in [0, 0.1) is 5.92 Å². The van der Waals surface area contributed by atoms with Crippen LogP contribution in [0.5, 0.6) is 0 Å². The van der Waals surface area contributed by atoms with Crippen molar-refractivity contribution < 1.29 is 14.3 Å². The van der Waals surface area contributed by atoms with Crippen molar-refractivity contribution in [3.8, 4) is 0 Å². The zero-order valence-electron chi connectivity index (χ0n) is 14.0. The minimum Gasteiger partial charge on any atom is -0.383 e. The Hall–Kier alpha value is -1.10. The second-order valence-electron chi connectivity index (χ2n) is 6.80. The molecule has 2 amide bonds. The first kappa shape index (κ1) is 17.3. The lowest BCUT2D eigenvalue weighted by Gasteiger charge is -2.25. The molecule has 0 bridgehead atoms. The largest absolute Gasteiger partial charge is 0.383 e. The van der Waals surface area contributed by atoms with E-state index in [9.17, 15) is 9.59 Å². The summed E-state index contributed by atoms with van der Waals surface area (Å²) in [6, 6.07) is 0.338. The summed E-state index contributed by atoms with van der Waals surface area (Å²) in [7, 11) is 1.63. The van der Waals surface area contributed by atoms with Crippen LogP contribution in [-0.2, 0) is 14.3 Å². The lowest BCUT2D eigenvalue weighted by molar-refractivity contribution is -0.130. The van der Waals surface area contributed by atoms with Crippen molar-refractivity contribution in [2.75, 3.05) is 20.3 Å². The number of carbonyl (C=O) groups is 2. The first-order valence-electron chi connectivity index (χ1n) is 8.70. The Kier molecular flexibility index (Phi) is 6.68. The third kappa shape index (κ3) is 4.70.